The van der Waals surface area contributed by atoms with Gasteiger partial charge in [-0.25, -0.2) is 8.42 Å². The summed E-state index contributed by atoms with van der Waals surface area (Å²) in [7, 11) is -3.73. The highest BCUT2D eigenvalue weighted by Gasteiger charge is 2.31. The maximum atomic E-state index is 13.6. The Balaban J connectivity index is 2.38. The number of anilines is 1. The molecule has 0 aliphatic carbocycles. The van der Waals surface area contributed by atoms with Crippen LogP contribution < -0.4 is 9.62 Å². The number of benzene rings is 2. The van der Waals surface area contributed by atoms with E-state index in [-0.39, 0.29) is 19.0 Å². The van der Waals surface area contributed by atoms with E-state index in [1.54, 1.807) is 25.1 Å². The molecular formula is C25H35N3O4S. The quantitative estimate of drug-likeness (QED) is 0.478. The van der Waals surface area contributed by atoms with Crippen molar-refractivity contribution in [1.29, 1.82) is 0 Å². The number of carbonyl (C=O) groups is 2. The van der Waals surface area contributed by atoms with E-state index < -0.39 is 22.0 Å². The predicted molar refractivity (Wildman–Crippen MR) is 132 cm³/mol. The molecule has 0 heterocycles. The van der Waals surface area contributed by atoms with Gasteiger partial charge < -0.3 is 10.2 Å². The van der Waals surface area contributed by atoms with Gasteiger partial charge in [0.05, 0.1) is 11.9 Å². The van der Waals surface area contributed by atoms with E-state index >= 15 is 0 Å². The number of rotatable bonds is 12. The zero-order valence-electron chi connectivity index (χ0n) is 20.0. The summed E-state index contributed by atoms with van der Waals surface area (Å²) in [4.78, 5) is 28.0. The van der Waals surface area contributed by atoms with Gasteiger partial charge in [0.1, 0.15) is 12.6 Å². The topological polar surface area (TPSA) is 86.8 Å². The van der Waals surface area contributed by atoms with Gasteiger partial charge >= 0.3 is 0 Å². The van der Waals surface area contributed by atoms with Crippen LogP contribution in [0.25, 0.3) is 0 Å². The Morgan fingerprint density at radius 2 is 1.64 bits per heavy atom. The highest BCUT2D eigenvalue weighted by atomic mass is 32.2. The first kappa shape index (κ1) is 26.4. The van der Waals surface area contributed by atoms with Gasteiger partial charge in [-0.15, -0.1) is 0 Å². The van der Waals surface area contributed by atoms with E-state index in [0.717, 1.165) is 34.5 Å². The Kier molecular flexibility index (Phi) is 9.91. The minimum absolute atomic E-state index is 0.213. The second-order valence-electron chi connectivity index (χ2n) is 8.13. The molecule has 0 spiro atoms. The molecule has 0 bridgehead atoms. The van der Waals surface area contributed by atoms with Crippen LogP contribution in [0.4, 0.5) is 5.69 Å². The van der Waals surface area contributed by atoms with Crippen LogP contribution in [0.3, 0.4) is 0 Å². The third kappa shape index (κ3) is 7.60. The number of carbonyl (C=O) groups excluding carboxylic acids is 2. The second kappa shape index (κ2) is 12.4. The Morgan fingerprint density at radius 3 is 2.21 bits per heavy atom. The normalized spacial score (nSPS) is 12.1. The smallest absolute Gasteiger partial charge is 0.244 e. The Hall–Kier alpha value is -2.87. The van der Waals surface area contributed by atoms with Gasteiger partial charge in [-0.1, -0.05) is 68.8 Å². The summed E-state index contributed by atoms with van der Waals surface area (Å²) < 4.78 is 26.4. The number of aryl methyl sites for hydroxylation is 1. The Labute approximate surface area is 197 Å². The van der Waals surface area contributed by atoms with Crippen LogP contribution in [0, 0.1) is 6.92 Å². The SMILES string of the molecule is CCCCNC(=O)C(CC)N(Cc1ccccc1)C(=O)CN(c1ccccc1C)S(C)(=O)=O. The minimum atomic E-state index is -3.73. The van der Waals surface area contributed by atoms with Crippen molar-refractivity contribution >= 4 is 27.5 Å². The average Bonchev–Trinajstić information content (AvgIpc) is 2.78. The number of sulfonamides is 1. The van der Waals surface area contributed by atoms with Crippen molar-refractivity contribution in [3.63, 3.8) is 0 Å². The number of unbranched alkanes of at least 4 members (excludes halogenated alkanes) is 1. The molecule has 0 saturated carbocycles. The van der Waals surface area contributed by atoms with Crippen LogP contribution in [0.1, 0.15) is 44.2 Å². The molecule has 2 amide bonds. The summed E-state index contributed by atoms with van der Waals surface area (Å²) in [6.45, 7) is 6.07. The molecular weight excluding hydrogens is 438 g/mol. The molecule has 1 atom stereocenters. The molecule has 7 nitrogen and oxygen atoms in total. The highest BCUT2D eigenvalue weighted by molar-refractivity contribution is 7.92. The van der Waals surface area contributed by atoms with Crippen LogP contribution in [-0.2, 0) is 26.2 Å². The molecule has 2 rings (SSSR count). The minimum Gasteiger partial charge on any atom is -0.354 e. The lowest BCUT2D eigenvalue weighted by Gasteiger charge is -2.33. The lowest BCUT2D eigenvalue weighted by atomic mass is 10.1. The molecule has 0 fully saturated rings. The van der Waals surface area contributed by atoms with Crippen LogP contribution in [0.2, 0.25) is 0 Å². The predicted octanol–water partition coefficient (Wildman–Crippen LogP) is 3.48. The summed E-state index contributed by atoms with van der Waals surface area (Å²) in [6.07, 6.45) is 3.30. The monoisotopic (exact) mass is 473 g/mol. The molecule has 1 N–H and O–H groups in total. The van der Waals surface area contributed by atoms with Gasteiger partial charge in [0.2, 0.25) is 21.8 Å². The summed E-state index contributed by atoms with van der Waals surface area (Å²) in [5.41, 5.74) is 2.07. The maximum absolute atomic E-state index is 13.6. The second-order valence-corrected chi connectivity index (χ2v) is 10.0. The number of nitrogens with zero attached hydrogens (tertiary/aromatic N) is 2. The number of amides is 2. The fourth-order valence-electron chi connectivity index (χ4n) is 3.64. The summed E-state index contributed by atoms with van der Waals surface area (Å²) in [5.74, 6) is -0.651. The molecule has 0 aliphatic rings. The van der Waals surface area contributed by atoms with Crippen molar-refractivity contribution in [2.24, 2.45) is 0 Å². The molecule has 0 aromatic heterocycles. The lowest BCUT2D eigenvalue weighted by molar-refractivity contribution is -0.140. The van der Waals surface area contributed by atoms with Crippen molar-refractivity contribution in [3.8, 4) is 0 Å². The molecule has 1 unspecified atom stereocenters. The van der Waals surface area contributed by atoms with E-state index in [1.807, 2.05) is 50.2 Å². The highest BCUT2D eigenvalue weighted by Crippen LogP contribution is 2.23. The molecule has 180 valence electrons. The van der Waals surface area contributed by atoms with Crippen LogP contribution in [0.5, 0.6) is 0 Å². The molecule has 0 radical (unpaired) electrons. The van der Waals surface area contributed by atoms with Crippen molar-refractivity contribution in [3.05, 3.63) is 65.7 Å². The zero-order chi connectivity index (χ0) is 24.4. The summed E-state index contributed by atoms with van der Waals surface area (Å²) in [5, 5.41) is 2.92. The molecule has 0 aliphatic heterocycles. The van der Waals surface area contributed by atoms with Gasteiger partial charge in [-0.05, 0) is 37.0 Å². The van der Waals surface area contributed by atoms with E-state index in [9.17, 15) is 18.0 Å². The van der Waals surface area contributed by atoms with E-state index in [0.29, 0.717) is 18.7 Å². The van der Waals surface area contributed by atoms with E-state index in [4.69, 9.17) is 0 Å². The maximum Gasteiger partial charge on any atom is 0.244 e. The first-order valence-corrected chi connectivity index (χ1v) is 13.2. The fraction of sp³-hybridized carbons (Fsp3) is 0.440. The summed E-state index contributed by atoms with van der Waals surface area (Å²) in [6, 6.07) is 15.7. The number of hydrogen-bond donors (Lipinski definition) is 1. The number of nitrogens with one attached hydrogen (secondary N) is 1. The molecule has 8 heteroatoms. The molecule has 2 aromatic rings. The van der Waals surface area contributed by atoms with Crippen molar-refractivity contribution in [1.82, 2.24) is 10.2 Å². The van der Waals surface area contributed by atoms with Crippen molar-refractivity contribution < 1.29 is 18.0 Å². The van der Waals surface area contributed by atoms with Gasteiger partial charge in [0.25, 0.3) is 0 Å². The van der Waals surface area contributed by atoms with Crippen molar-refractivity contribution in [2.75, 3.05) is 23.7 Å². The third-order valence-electron chi connectivity index (χ3n) is 5.47. The zero-order valence-corrected chi connectivity index (χ0v) is 20.8. The average molecular weight is 474 g/mol. The Bertz CT molecular complexity index is 1020. The Morgan fingerprint density at radius 1 is 1.00 bits per heavy atom. The molecule has 33 heavy (non-hydrogen) atoms. The van der Waals surface area contributed by atoms with Crippen molar-refractivity contribution in [2.45, 2.75) is 52.6 Å². The van der Waals surface area contributed by atoms with Gasteiger partial charge in [0.15, 0.2) is 0 Å². The first-order chi connectivity index (χ1) is 15.7. The number of hydrogen-bond acceptors (Lipinski definition) is 4. The van der Waals surface area contributed by atoms with E-state index in [1.165, 1.54) is 4.90 Å². The van der Waals surface area contributed by atoms with Gasteiger partial charge in [-0.2, -0.15) is 0 Å². The fourth-order valence-corrected chi connectivity index (χ4v) is 4.55. The van der Waals surface area contributed by atoms with Crippen LogP contribution in [-0.4, -0.2) is 50.5 Å². The first-order valence-electron chi connectivity index (χ1n) is 11.3. The summed E-state index contributed by atoms with van der Waals surface area (Å²) >= 11 is 0. The lowest BCUT2D eigenvalue weighted by Crippen LogP contribution is -2.52. The third-order valence-corrected chi connectivity index (χ3v) is 6.60. The molecule has 2 aromatic carbocycles. The van der Waals surface area contributed by atoms with Gasteiger partial charge in [-0.3, -0.25) is 13.9 Å². The molecule has 0 saturated heterocycles. The van der Waals surface area contributed by atoms with Crippen LogP contribution in [0.15, 0.2) is 54.6 Å². The standard InChI is InChI=1S/C25H35N3O4S/c1-5-7-17-26-25(30)22(6-2)27(18-21-14-9-8-10-15-21)24(29)19-28(33(4,31)32)23-16-12-11-13-20(23)3/h8-16,22H,5-7,17-19H2,1-4H3,(H,26,30). The van der Waals surface area contributed by atoms with Crippen LogP contribution >= 0.6 is 0 Å². The van der Waals surface area contributed by atoms with E-state index in [2.05, 4.69) is 5.32 Å². The van der Waals surface area contributed by atoms with Gasteiger partial charge in [0, 0.05) is 13.1 Å². The largest absolute Gasteiger partial charge is 0.354 e. The number of para-hydroxylation sites is 1.